The lowest BCUT2D eigenvalue weighted by atomic mass is 9.67. The predicted octanol–water partition coefficient (Wildman–Crippen LogP) is 6.82. The van der Waals surface area contributed by atoms with Crippen LogP contribution in [-0.4, -0.2) is 51.5 Å². The molecule has 1 N–H and O–H groups in total. The van der Waals surface area contributed by atoms with Crippen LogP contribution in [0.4, 0.5) is 8.78 Å². The molecule has 1 aliphatic heterocycles. The average molecular weight is 579 g/mol. The van der Waals surface area contributed by atoms with E-state index in [1.807, 2.05) is 19.1 Å². The Morgan fingerprint density at radius 1 is 1.07 bits per heavy atom. The topological polar surface area (TPSA) is 83.6 Å². The number of aromatic nitrogens is 1. The highest BCUT2D eigenvalue weighted by Gasteiger charge is 2.49. The van der Waals surface area contributed by atoms with E-state index in [1.165, 1.54) is 12.1 Å². The van der Waals surface area contributed by atoms with Crippen LogP contribution in [0.25, 0.3) is 11.3 Å². The number of carbonyl (C=O) groups is 2. The first kappa shape index (κ1) is 30.2. The molecule has 0 unspecified atom stereocenters. The number of nitrogens with zero attached hydrogens (tertiary/aromatic N) is 2. The lowest BCUT2D eigenvalue weighted by molar-refractivity contribution is -0.128. The highest BCUT2D eigenvalue weighted by molar-refractivity contribution is 5.96. The van der Waals surface area contributed by atoms with Crippen LogP contribution in [0.5, 0.6) is 0 Å². The van der Waals surface area contributed by atoms with E-state index >= 15 is 0 Å². The summed E-state index contributed by atoms with van der Waals surface area (Å²) in [5.41, 5.74) is 0.823. The second-order valence-electron chi connectivity index (χ2n) is 13.5. The molecule has 2 fully saturated rings. The van der Waals surface area contributed by atoms with E-state index < -0.39 is 22.7 Å². The van der Waals surface area contributed by atoms with Crippen molar-refractivity contribution >= 4 is 11.6 Å². The van der Waals surface area contributed by atoms with Gasteiger partial charge in [0.15, 0.2) is 11.5 Å². The number of halogens is 2. The number of Topliss-reactive ketones (excluding diaryl/α,β-unsaturated/α-hetero) is 2. The monoisotopic (exact) mass is 578 g/mol. The third kappa shape index (κ3) is 6.55. The van der Waals surface area contributed by atoms with Gasteiger partial charge in [-0.1, -0.05) is 43.3 Å². The molecule has 1 aliphatic carbocycles. The maximum Gasteiger partial charge on any atom is 0.185 e. The number of ketones is 2. The normalized spacial score (nSPS) is 22.5. The van der Waals surface area contributed by atoms with E-state index in [0.717, 1.165) is 48.9 Å². The SMILES string of the molecule is Cc1ccccc1C(C)(C)CC(=O)CC1(CC(=O)c2cc(-c3ccc(F)cc3F)on2)CN(C2CCC(C)(O)CC2)C1. The first-order chi connectivity index (χ1) is 19.8. The van der Waals surface area contributed by atoms with Crippen LogP contribution in [0, 0.1) is 24.0 Å². The van der Waals surface area contributed by atoms with Crippen molar-refractivity contribution < 1.29 is 28.0 Å². The highest BCUT2D eigenvalue weighted by Crippen LogP contribution is 2.44. The van der Waals surface area contributed by atoms with Crippen LogP contribution in [0.2, 0.25) is 0 Å². The summed E-state index contributed by atoms with van der Waals surface area (Å²) in [5, 5.41) is 14.3. The van der Waals surface area contributed by atoms with E-state index in [2.05, 4.69) is 43.0 Å². The van der Waals surface area contributed by atoms with Crippen molar-refractivity contribution in [1.82, 2.24) is 10.1 Å². The molecule has 3 aromatic rings. The van der Waals surface area contributed by atoms with E-state index in [9.17, 15) is 23.5 Å². The van der Waals surface area contributed by atoms with Gasteiger partial charge in [-0.15, -0.1) is 0 Å². The number of benzene rings is 2. The third-order valence-corrected chi connectivity index (χ3v) is 9.24. The second-order valence-corrected chi connectivity index (χ2v) is 13.5. The first-order valence-electron chi connectivity index (χ1n) is 14.8. The quantitative estimate of drug-likeness (QED) is 0.266. The molecule has 0 amide bonds. The van der Waals surface area contributed by atoms with Gasteiger partial charge < -0.3 is 9.63 Å². The zero-order valence-electron chi connectivity index (χ0n) is 24.9. The van der Waals surface area contributed by atoms with Crippen molar-refractivity contribution in [2.24, 2.45) is 5.41 Å². The Morgan fingerprint density at radius 3 is 2.43 bits per heavy atom. The summed E-state index contributed by atoms with van der Waals surface area (Å²) >= 11 is 0. The van der Waals surface area contributed by atoms with E-state index in [-0.39, 0.29) is 46.8 Å². The van der Waals surface area contributed by atoms with E-state index in [1.54, 1.807) is 0 Å². The standard InChI is InChI=1S/C34H40F2N2O4/c1-22-7-5-6-8-27(22)32(2,3)17-25(39)18-34(20-38(21-34)24-11-13-33(4,41)14-12-24)19-30(40)29-16-31(42-37-29)26-10-9-23(35)15-28(26)36/h5-10,15-16,24,41H,11-14,17-21H2,1-4H3. The zero-order valence-corrected chi connectivity index (χ0v) is 24.9. The maximum atomic E-state index is 14.3. The summed E-state index contributed by atoms with van der Waals surface area (Å²) in [6, 6.07) is 12.9. The van der Waals surface area contributed by atoms with E-state index in [4.69, 9.17) is 4.52 Å². The average Bonchev–Trinajstić information content (AvgIpc) is 3.37. The summed E-state index contributed by atoms with van der Waals surface area (Å²) in [6.07, 6.45) is 3.95. The number of carbonyl (C=O) groups excluding carboxylic acids is 2. The summed E-state index contributed by atoms with van der Waals surface area (Å²) in [7, 11) is 0. The van der Waals surface area contributed by atoms with Crippen molar-refractivity contribution in [3.05, 3.63) is 77.0 Å². The van der Waals surface area contributed by atoms with Gasteiger partial charge in [0.1, 0.15) is 23.1 Å². The Hall–Kier alpha value is -3.23. The number of aliphatic hydroxyl groups is 1. The minimum atomic E-state index is -0.801. The third-order valence-electron chi connectivity index (χ3n) is 9.24. The largest absolute Gasteiger partial charge is 0.390 e. The fraction of sp³-hybridized carbons (Fsp3) is 0.500. The van der Waals surface area contributed by atoms with Crippen molar-refractivity contribution in [2.75, 3.05) is 13.1 Å². The van der Waals surface area contributed by atoms with E-state index in [0.29, 0.717) is 25.6 Å². The number of hydrogen-bond acceptors (Lipinski definition) is 6. The van der Waals surface area contributed by atoms with Crippen LogP contribution in [0.15, 0.2) is 53.1 Å². The number of aryl methyl sites for hydroxylation is 1. The van der Waals surface area contributed by atoms with Crippen LogP contribution < -0.4 is 0 Å². The second kappa shape index (κ2) is 11.5. The number of likely N-dealkylation sites (tertiary alicyclic amines) is 1. The molecule has 5 rings (SSSR count). The van der Waals surface area contributed by atoms with Crippen LogP contribution in [0.1, 0.15) is 87.3 Å². The summed E-state index contributed by atoms with van der Waals surface area (Å²) in [5.74, 6) is -1.63. The maximum absolute atomic E-state index is 14.3. The molecule has 1 saturated carbocycles. The first-order valence-corrected chi connectivity index (χ1v) is 14.8. The minimum absolute atomic E-state index is 0.0225. The fourth-order valence-electron chi connectivity index (χ4n) is 7.00. The zero-order chi connectivity index (χ0) is 30.3. The molecule has 2 aliphatic rings. The smallest absolute Gasteiger partial charge is 0.185 e. The lowest BCUT2D eigenvalue weighted by Crippen LogP contribution is -2.62. The Labute approximate surface area is 246 Å². The van der Waals surface area contributed by atoms with Gasteiger partial charge in [0, 0.05) is 55.9 Å². The molecule has 0 bridgehead atoms. The van der Waals surface area contributed by atoms with Crippen molar-refractivity contribution in [1.29, 1.82) is 0 Å². The van der Waals surface area contributed by atoms with Crippen molar-refractivity contribution in [3.8, 4) is 11.3 Å². The Balaban J connectivity index is 1.32. The van der Waals surface area contributed by atoms with Gasteiger partial charge in [-0.2, -0.15) is 0 Å². The molecule has 1 aromatic heterocycles. The summed E-state index contributed by atoms with van der Waals surface area (Å²) < 4.78 is 32.9. The summed E-state index contributed by atoms with van der Waals surface area (Å²) in [4.78, 5) is 29.5. The molecular formula is C34H40F2N2O4. The molecule has 6 nitrogen and oxygen atoms in total. The van der Waals surface area contributed by atoms with Crippen LogP contribution >= 0.6 is 0 Å². The Kier molecular flexibility index (Phi) is 8.25. The molecular weight excluding hydrogens is 538 g/mol. The molecule has 1 saturated heterocycles. The molecule has 2 aromatic carbocycles. The van der Waals surface area contributed by atoms with Crippen molar-refractivity contribution in [3.63, 3.8) is 0 Å². The fourth-order valence-corrected chi connectivity index (χ4v) is 7.00. The molecule has 0 spiro atoms. The van der Waals surface area contributed by atoms with Crippen molar-refractivity contribution in [2.45, 2.75) is 89.7 Å². The molecule has 0 atom stereocenters. The minimum Gasteiger partial charge on any atom is -0.390 e. The lowest BCUT2D eigenvalue weighted by Gasteiger charge is -2.55. The highest BCUT2D eigenvalue weighted by atomic mass is 19.1. The molecule has 2 heterocycles. The van der Waals surface area contributed by atoms with Gasteiger partial charge in [0.2, 0.25) is 0 Å². The Bertz CT molecular complexity index is 1460. The van der Waals surface area contributed by atoms with Crippen LogP contribution in [-0.2, 0) is 10.2 Å². The van der Waals surface area contributed by atoms with Gasteiger partial charge in [-0.25, -0.2) is 8.78 Å². The van der Waals surface area contributed by atoms with Gasteiger partial charge in [0.05, 0.1) is 11.2 Å². The number of rotatable bonds is 10. The Morgan fingerprint density at radius 2 is 1.76 bits per heavy atom. The van der Waals surface area contributed by atoms with Crippen LogP contribution in [0.3, 0.4) is 0 Å². The van der Waals surface area contributed by atoms with Gasteiger partial charge in [-0.05, 0) is 68.2 Å². The van der Waals surface area contributed by atoms with Gasteiger partial charge in [0.25, 0.3) is 0 Å². The number of hydrogen-bond donors (Lipinski definition) is 1. The molecule has 8 heteroatoms. The van der Waals surface area contributed by atoms with Gasteiger partial charge >= 0.3 is 0 Å². The molecule has 224 valence electrons. The van der Waals surface area contributed by atoms with Gasteiger partial charge in [-0.3, -0.25) is 14.5 Å². The molecule has 0 radical (unpaired) electrons. The predicted molar refractivity (Wildman–Crippen MR) is 156 cm³/mol. The molecule has 42 heavy (non-hydrogen) atoms. The summed E-state index contributed by atoms with van der Waals surface area (Å²) in [6.45, 7) is 9.31.